The van der Waals surface area contributed by atoms with Gasteiger partial charge in [0.05, 0.1) is 0 Å². The van der Waals surface area contributed by atoms with Crippen LogP contribution in [0.1, 0.15) is 27.8 Å². The van der Waals surface area contributed by atoms with Gasteiger partial charge in [0.15, 0.2) is 0 Å². The van der Waals surface area contributed by atoms with Crippen molar-refractivity contribution in [2.45, 2.75) is 34.6 Å². The minimum atomic E-state index is 0. The van der Waals surface area contributed by atoms with Gasteiger partial charge in [0, 0.05) is 17.1 Å². The standard InChI is InChI=1S/C8H11.C7H9.Fe/c1-6-4-5-7(2)8(6)3;1-6-3-4-7(2)5-6;/h4-5H,1-3H3;3-5H,1-2H3;/q-5;-1;. The molecule has 0 spiro atoms. The van der Waals surface area contributed by atoms with E-state index in [4.69, 9.17) is 0 Å². The molecule has 0 saturated heterocycles. The Labute approximate surface area is 110 Å². The molecule has 0 heterocycles. The van der Waals surface area contributed by atoms with E-state index in [9.17, 15) is 0 Å². The quantitative estimate of drug-likeness (QED) is 0.485. The van der Waals surface area contributed by atoms with Crippen LogP contribution in [0.4, 0.5) is 0 Å². The predicted octanol–water partition coefficient (Wildman–Crippen LogP) is 4.35. The van der Waals surface area contributed by atoms with E-state index in [1.165, 1.54) is 27.8 Å². The van der Waals surface area contributed by atoms with Crippen LogP contribution in [0.2, 0.25) is 0 Å². The van der Waals surface area contributed by atoms with Gasteiger partial charge in [0.25, 0.3) is 0 Å². The number of hydrogen-bond acceptors (Lipinski definition) is 0. The van der Waals surface area contributed by atoms with Crippen molar-refractivity contribution < 1.29 is 17.1 Å². The zero-order valence-electron chi connectivity index (χ0n) is 10.7. The maximum Gasteiger partial charge on any atom is 0 e. The van der Waals surface area contributed by atoms with Crippen LogP contribution in [0.3, 0.4) is 0 Å². The Balaban J connectivity index is 0.000000267. The van der Waals surface area contributed by atoms with Crippen LogP contribution in [0.25, 0.3) is 0 Å². The molecule has 0 nitrogen and oxygen atoms in total. The van der Waals surface area contributed by atoms with Gasteiger partial charge in [0.1, 0.15) is 0 Å². The maximum atomic E-state index is 2.17. The Morgan fingerprint density at radius 3 is 1.62 bits per heavy atom. The molecule has 0 bridgehead atoms. The fourth-order valence-corrected chi connectivity index (χ4v) is 1.53. The molecule has 2 aromatic rings. The van der Waals surface area contributed by atoms with Crippen LogP contribution < -0.4 is 0 Å². The Hall–Kier alpha value is -0.781. The molecule has 0 saturated carbocycles. The molecule has 94 valence electrons. The molecule has 0 fully saturated rings. The summed E-state index contributed by atoms with van der Waals surface area (Å²) in [6, 6.07) is 10.7. The van der Waals surface area contributed by atoms with Crippen LogP contribution in [0, 0.1) is 34.6 Å². The van der Waals surface area contributed by atoms with Crippen molar-refractivity contribution >= 4 is 0 Å². The van der Waals surface area contributed by atoms with E-state index in [2.05, 4.69) is 65.0 Å². The molecule has 0 N–H and O–H groups in total. The average molecular weight is 256 g/mol. The van der Waals surface area contributed by atoms with Crippen LogP contribution in [0.15, 0.2) is 30.3 Å². The topological polar surface area (TPSA) is 0 Å². The molecule has 0 aromatic heterocycles. The molecule has 0 amide bonds. The molecular formula is C15H20Fe-6. The molecule has 0 aliphatic carbocycles. The molecule has 16 heavy (non-hydrogen) atoms. The summed E-state index contributed by atoms with van der Waals surface area (Å²) in [6.45, 7) is 10.6. The van der Waals surface area contributed by atoms with Crippen molar-refractivity contribution in [1.82, 2.24) is 0 Å². The van der Waals surface area contributed by atoms with Gasteiger partial charge in [-0.25, -0.2) is 32.4 Å². The smallest absolute Gasteiger partial charge is 0 e. The number of hydrogen-bond donors (Lipinski definition) is 0. The number of aryl methyl sites for hydroxylation is 4. The molecule has 0 aliphatic rings. The third-order valence-corrected chi connectivity index (χ3v) is 2.83. The molecule has 0 atom stereocenters. The van der Waals surface area contributed by atoms with Gasteiger partial charge in [-0.15, -0.1) is 0 Å². The van der Waals surface area contributed by atoms with Crippen LogP contribution in [-0.2, 0) is 17.1 Å². The van der Waals surface area contributed by atoms with Crippen molar-refractivity contribution in [1.29, 1.82) is 0 Å². The van der Waals surface area contributed by atoms with Gasteiger partial charge < -0.3 is 28.8 Å². The van der Waals surface area contributed by atoms with E-state index in [0.29, 0.717) is 0 Å². The average Bonchev–Trinajstić information content (AvgIpc) is 2.68. The summed E-state index contributed by atoms with van der Waals surface area (Å²) in [5.74, 6) is 0. The molecular weight excluding hydrogens is 236 g/mol. The fourth-order valence-electron chi connectivity index (χ4n) is 1.53. The summed E-state index contributed by atoms with van der Waals surface area (Å²) in [6.07, 6.45) is 0. The second kappa shape index (κ2) is 6.73. The normalized spacial score (nSPS) is 9.06. The van der Waals surface area contributed by atoms with E-state index in [-0.39, 0.29) is 17.1 Å². The Kier molecular flexibility index (Phi) is 6.40. The number of rotatable bonds is 0. The summed E-state index contributed by atoms with van der Waals surface area (Å²) < 4.78 is 0. The van der Waals surface area contributed by atoms with Gasteiger partial charge >= 0.3 is 0 Å². The first-order valence-electron chi connectivity index (χ1n) is 5.40. The monoisotopic (exact) mass is 256 g/mol. The zero-order chi connectivity index (χ0) is 11.4. The Bertz CT molecular complexity index is 382. The van der Waals surface area contributed by atoms with Gasteiger partial charge in [-0.3, -0.25) is 0 Å². The van der Waals surface area contributed by atoms with Gasteiger partial charge in [-0.2, -0.15) is 17.7 Å². The summed E-state index contributed by atoms with van der Waals surface area (Å²) in [5, 5.41) is 0. The van der Waals surface area contributed by atoms with Crippen molar-refractivity contribution in [3.8, 4) is 0 Å². The maximum absolute atomic E-state index is 2.17. The van der Waals surface area contributed by atoms with Crippen LogP contribution >= 0.6 is 0 Å². The van der Waals surface area contributed by atoms with E-state index in [0.717, 1.165) is 0 Å². The molecule has 0 unspecified atom stereocenters. The summed E-state index contributed by atoms with van der Waals surface area (Å²) >= 11 is 0. The largest absolute Gasteiger partial charge is 0.745 e. The van der Waals surface area contributed by atoms with Crippen molar-refractivity contribution in [2.75, 3.05) is 0 Å². The molecule has 0 radical (unpaired) electrons. The SMILES string of the molecule is C[c-]1[cH-][cH-][c-](C)[c-]1C.Cc1cc[c-](C)c1.[Fe]. The first kappa shape index (κ1) is 15.2. The van der Waals surface area contributed by atoms with Gasteiger partial charge in [-0.1, -0.05) is 13.8 Å². The third kappa shape index (κ3) is 4.38. The van der Waals surface area contributed by atoms with E-state index in [1.807, 2.05) is 0 Å². The van der Waals surface area contributed by atoms with E-state index in [1.54, 1.807) is 0 Å². The fraction of sp³-hybridized carbons (Fsp3) is 0.333. The van der Waals surface area contributed by atoms with Crippen LogP contribution in [0.5, 0.6) is 0 Å². The third-order valence-electron chi connectivity index (χ3n) is 2.83. The van der Waals surface area contributed by atoms with Crippen LogP contribution in [-0.4, -0.2) is 0 Å². The summed E-state index contributed by atoms with van der Waals surface area (Å²) in [4.78, 5) is 0. The first-order chi connectivity index (χ1) is 7.00. The molecule has 2 aromatic carbocycles. The predicted molar refractivity (Wildman–Crippen MR) is 67.8 cm³/mol. The summed E-state index contributed by atoms with van der Waals surface area (Å²) in [7, 11) is 0. The second-order valence-electron chi connectivity index (χ2n) is 4.29. The second-order valence-corrected chi connectivity index (χ2v) is 4.29. The Morgan fingerprint density at radius 2 is 1.50 bits per heavy atom. The van der Waals surface area contributed by atoms with Gasteiger partial charge in [-0.05, 0) is 0 Å². The van der Waals surface area contributed by atoms with E-state index >= 15 is 0 Å². The zero-order valence-corrected chi connectivity index (χ0v) is 11.8. The Morgan fingerprint density at radius 1 is 1.00 bits per heavy atom. The minimum absolute atomic E-state index is 0. The molecule has 2 rings (SSSR count). The van der Waals surface area contributed by atoms with E-state index < -0.39 is 0 Å². The summed E-state index contributed by atoms with van der Waals surface area (Å²) in [5.41, 5.74) is 6.96. The molecule has 1 heteroatoms. The molecule has 0 aliphatic heterocycles. The van der Waals surface area contributed by atoms with Crippen molar-refractivity contribution in [2.24, 2.45) is 0 Å². The first-order valence-corrected chi connectivity index (χ1v) is 5.40. The van der Waals surface area contributed by atoms with Crippen molar-refractivity contribution in [3.05, 3.63) is 58.1 Å². The van der Waals surface area contributed by atoms with Gasteiger partial charge in [0.2, 0.25) is 0 Å². The minimum Gasteiger partial charge on any atom is -0.745 e. The van der Waals surface area contributed by atoms with Crippen molar-refractivity contribution in [3.63, 3.8) is 0 Å².